The molecule has 1 saturated heterocycles. The molecule has 27 heavy (non-hydrogen) atoms. The predicted molar refractivity (Wildman–Crippen MR) is 106 cm³/mol. The van der Waals surface area contributed by atoms with Gasteiger partial charge in [-0.1, -0.05) is 18.2 Å². The molecule has 1 amide bonds. The van der Waals surface area contributed by atoms with Crippen LogP contribution in [-0.4, -0.2) is 51.9 Å². The largest absolute Gasteiger partial charge is 0.369 e. The Kier molecular flexibility index (Phi) is 4.65. The van der Waals surface area contributed by atoms with E-state index in [1.807, 2.05) is 25.2 Å². The van der Waals surface area contributed by atoms with Gasteiger partial charge in [-0.25, -0.2) is 8.42 Å². The Bertz CT molecular complexity index is 952. The van der Waals surface area contributed by atoms with Gasteiger partial charge in [0, 0.05) is 51.0 Å². The van der Waals surface area contributed by atoms with Crippen LogP contribution in [0.2, 0.25) is 0 Å². The molecule has 2 aromatic carbocycles. The second-order valence-electron chi connectivity index (χ2n) is 6.97. The molecule has 4 rings (SSSR count). The minimum Gasteiger partial charge on any atom is -0.369 e. The van der Waals surface area contributed by atoms with E-state index in [4.69, 9.17) is 0 Å². The average molecular weight is 385 g/mol. The van der Waals surface area contributed by atoms with Gasteiger partial charge < -0.3 is 9.80 Å². The van der Waals surface area contributed by atoms with E-state index >= 15 is 0 Å². The fourth-order valence-electron chi connectivity index (χ4n) is 3.77. The van der Waals surface area contributed by atoms with Gasteiger partial charge in [0.25, 0.3) is 0 Å². The summed E-state index contributed by atoms with van der Waals surface area (Å²) in [5.41, 5.74) is 3.24. The van der Waals surface area contributed by atoms with Gasteiger partial charge in [-0.3, -0.25) is 4.79 Å². The molecule has 0 bridgehead atoms. The highest BCUT2D eigenvalue weighted by Crippen LogP contribution is 2.31. The van der Waals surface area contributed by atoms with E-state index in [1.165, 1.54) is 5.56 Å². The molecule has 6 nitrogen and oxygen atoms in total. The number of hydrogen-bond acceptors (Lipinski definition) is 4. The lowest BCUT2D eigenvalue weighted by Gasteiger charge is -2.36. The Morgan fingerprint density at radius 1 is 0.889 bits per heavy atom. The Morgan fingerprint density at radius 2 is 1.59 bits per heavy atom. The molecule has 0 aromatic heterocycles. The summed E-state index contributed by atoms with van der Waals surface area (Å²) in [5, 5.41) is 0. The van der Waals surface area contributed by atoms with E-state index in [0.29, 0.717) is 37.5 Å². The third-order valence-electron chi connectivity index (χ3n) is 5.39. The second-order valence-corrected chi connectivity index (χ2v) is 8.91. The van der Waals surface area contributed by atoms with Gasteiger partial charge in [0.05, 0.1) is 4.90 Å². The van der Waals surface area contributed by atoms with E-state index in [1.54, 1.807) is 33.5 Å². The first-order valence-corrected chi connectivity index (χ1v) is 10.6. The van der Waals surface area contributed by atoms with Crippen LogP contribution < -0.4 is 9.80 Å². The van der Waals surface area contributed by atoms with Crippen LogP contribution in [0.15, 0.2) is 53.4 Å². The quantitative estimate of drug-likeness (QED) is 0.812. The highest BCUT2D eigenvalue weighted by Gasteiger charge is 2.29. The highest BCUT2D eigenvalue weighted by molar-refractivity contribution is 7.89. The van der Waals surface area contributed by atoms with Crippen molar-refractivity contribution in [3.8, 4) is 0 Å². The van der Waals surface area contributed by atoms with Gasteiger partial charge in [-0.2, -0.15) is 4.31 Å². The molecule has 142 valence electrons. The molecule has 7 heteroatoms. The molecular formula is C20H23N3O3S. The van der Waals surface area contributed by atoms with Crippen molar-refractivity contribution in [3.63, 3.8) is 0 Å². The van der Waals surface area contributed by atoms with Crippen LogP contribution in [0, 0.1) is 0 Å². The van der Waals surface area contributed by atoms with E-state index in [2.05, 4.69) is 11.0 Å². The first kappa shape index (κ1) is 18.0. The molecule has 2 aliphatic rings. The van der Waals surface area contributed by atoms with Crippen molar-refractivity contribution in [2.45, 2.75) is 17.7 Å². The molecule has 0 saturated carbocycles. The van der Waals surface area contributed by atoms with E-state index in [0.717, 1.165) is 17.8 Å². The van der Waals surface area contributed by atoms with Gasteiger partial charge >= 0.3 is 0 Å². The number of sulfonamides is 1. The van der Waals surface area contributed by atoms with Crippen LogP contribution in [0.3, 0.4) is 0 Å². The average Bonchev–Trinajstić information content (AvgIpc) is 2.71. The lowest BCUT2D eigenvalue weighted by Crippen LogP contribution is -2.48. The summed E-state index contributed by atoms with van der Waals surface area (Å²) in [5.74, 6) is 0.148. The highest BCUT2D eigenvalue weighted by atomic mass is 32.2. The zero-order valence-electron chi connectivity index (χ0n) is 15.3. The number of fused-ring (bicyclic) bond motifs is 1. The molecule has 2 aliphatic heterocycles. The van der Waals surface area contributed by atoms with Gasteiger partial charge in [-0.05, 0) is 42.3 Å². The van der Waals surface area contributed by atoms with Crippen molar-refractivity contribution in [2.75, 3.05) is 43.0 Å². The normalized spacial score (nSPS) is 18.5. The number of piperazine rings is 1. The van der Waals surface area contributed by atoms with Gasteiger partial charge in [0.2, 0.25) is 15.9 Å². The lowest BCUT2D eigenvalue weighted by molar-refractivity contribution is -0.118. The summed E-state index contributed by atoms with van der Waals surface area (Å²) in [7, 11) is -1.62. The van der Waals surface area contributed by atoms with Crippen molar-refractivity contribution in [1.29, 1.82) is 0 Å². The summed E-state index contributed by atoms with van der Waals surface area (Å²) in [6, 6.07) is 14.8. The number of aryl methyl sites for hydroxylation is 1. The van der Waals surface area contributed by atoms with Crippen molar-refractivity contribution in [3.05, 3.63) is 54.1 Å². The number of anilines is 2. The Morgan fingerprint density at radius 3 is 2.30 bits per heavy atom. The van der Waals surface area contributed by atoms with Crippen LogP contribution in [0.1, 0.15) is 12.0 Å². The number of hydrogen-bond donors (Lipinski definition) is 0. The van der Waals surface area contributed by atoms with Crippen molar-refractivity contribution in [2.24, 2.45) is 0 Å². The van der Waals surface area contributed by atoms with Crippen LogP contribution in [0.25, 0.3) is 0 Å². The summed E-state index contributed by atoms with van der Waals surface area (Å²) < 4.78 is 27.1. The third kappa shape index (κ3) is 3.33. The summed E-state index contributed by atoms with van der Waals surface area (Å²) in [6.07, 6.45) is 1.30. The molecule has 0 unspecified atom stereocenters. The Hall–Kier alpha value is -2.38. The number of benzene rings is 2. The van der Waals surface area contributed by atoms with Gasteiger partial charge in [0.15, 0.2) is 0 Å². The number of carbonyl (C=O) groups excluding carboxylic acids is 1. The molecule has 0 aliphatic carbocycles. The topological polar surface area (TPSA) is 60.9 Å². The fraction of sp³-hybridized carbons (Fsp3) is 0.350. The number of nitrogens with zero attached hydrogens (tertiary/aromatic N) is 3. The first-order valence-electron chi connectivity index (χ1n) is 9.16. The molecule has 0 radical (unpaired) electrons. The minimum absolute atomic E-state index is 0.148. The monoisotopic (exact) mass is 385 g/mol. The predicted octanol–water partition coefficient (Wildman–Crippen LogP) is 2.11. The maximum Gasteiger partial charge on any atom is 0.243 e. The number of carbonyl (C=O) groups is 1. The van der Waals surface area contributed by atoms with Crippen LogP contribution in [0.4, 0.5) is 11.4 Å². The number of amides is 1. The second kappa shape index (κ2) is 6.98. The van der Waals surface area contributed by atoms with Gasteiger partial charge in [-0.15, -0.1) is 0 Å². The SMILES string of the molecule is CN1C(=O)CCc2cc(N3CCN(S(=O)(=O)c4ccccc4)CC3)ccc21. The van der Waals surface area contributed by atoms with Gasteiger partial charge in [0.1, 0.15) is 0 Å². The smallest absolute Gasteiger partial charge is 0.243 e. The van der Waals surface area contributed by atoms with E-state index in [9.17, 15) is 13.2 Å². The zero-order valence-corrected chi connectivity index (χ0v) is 16.2. The Labute approximate surface area is 160 Å². The molecular weight excluding hydrogens is 362 g/mol. The van der Waals surface area contributed by atoms with Crippen molar-refractivity contribution >= 4 is 27.3 Å². The van der Waals surface area contributed by atoms with Crippen LogP contribution >= 0.6 is 0 Å². The van der Waals surface area contributed by atoms with Crippen molar-refractivity contribution in [1.82, 2.24) is 4.31 Å². The molecule has 0 atom stereocenters. The molecule has 2 heterocycles. The van der Waals surface area contributed by atoms with E-state index < -0.39 is 10.0 Å². The third-order valence-corrected chi connectivity index (χ3v) is 7.30. The Balaban J connectivity index is 1.48. The van der Waals surface area contributed by atoms with Crippen LogP contribution in [-0.2, 0) is 21.2 Å². The molecule has 1 fully saturated rings. The van der Waals surface area contributed by atoms with Crippen LogP contribution in [0.5, 0.6) is 0 Å². The lowest BCUT2D eigenvalue weighted by atomic mass is 10.0. The molecule has 0 spiro atoms. The first-order chi connectivity index (χ1) is 13.0. The maximum atomic E-state index is 12.8. The van der Waals surface area contributed by atoms with E-state index in [-0.39, 0.29) is 5.91 Å². The molecule has 2 aromatic rings. The fourth-order valence-corrected chi connectivity index (χ4v) is 5.21. The standard InChI is InChI=1S/C20H23N3O3S/c1-21-19-9-8-17(15-16(19)7-10-20(21)24)22-11-13-23(14-12-22)27(25,26)18-5-3-2-4-6-18/h2-6,8-9,15H,7,10-14H2,1H3. The number of rotatable bonds is 3. The molecule has 0 N–H and O–H groups in total. The summed E-state index contributed by atoms with van der Waals surface area (Å²) in [6.45, 7) is 2.23. The summed E-state index contributed by atoms with van der Waals surface area (Å²) >= 11 is 0. The van der Waals surface area contributed by atoms with Crippen molar-refractivity contribution < 1.29 is 13.2 Å². The zero-order chi connectivity index (χ0) is 19.0. The maximum absolute atomic E-state index is 12.8. The summed E-state index contributed by atoms with van der Waals surface area (Å²) in [4.78, 5) is 16.1. The minimum atomic E-state index is -3.43.